The van der Waals surface area contributed by atoms with E-state index in [0.29, 0.717) is 18.0 Å². The fourth-order valence-corrected chi connectivity index (χ4v) is 4.39. The highest BCUT2D eigenvalue weighted by molar-refractivity contribution is 5.85. The molecule has 2 saturated carbocycles. The average Bonchev–Trinajstić information content (AvgIpc) is 2.60. The van der Waals surface area contributed by atoms with Gasteiger partial charge < -0.3 is 20.3 Å². The number of nitrogens with one attached hydrogen (secondary N) is 2. The lowest BCUT2D eigenvalue weighted by atomic mass is 9.74. The summed E-state index contributed by atoms with van der Waals surface area (Å²) in [5, 5.41) is 7.27. The van der Waals surface area contributed by atoms with Gasteiger partial charge in [-0.05, 0) is 50.9 Å². The number of carbonyl (C=O) groups excluding carboxylic acids is 1. The molecular formula is C20H36N4O2. The van der Waals surface area contributed by atoms with E-state index in [-0.39, 0.29) is 18.1 Å². The number of hydrogen-bond acceptors (Lipinski definition) is 3. The number of ether oxygens (including phenoxy) is 1. The van der Waals surface area contributed by atoms with Crippen LogP contribution in [0.4, 0.5) is 0 Å². The molecule has 0 aromatic rings. The van der Waals surface area contributed by atoms with Crippen LogP contribution < -0.4 is 10.6 Å². The molecule has 0 aromatic carbocycles. The van der Waals surface area contributed by atoms with Crippen LogP contribution in [0, 0.1) is 5.92 Å². The van der Waals surface area contributed by atoms with Gasteiger partial charge in [0.15, 0.2) is 5.96 Å². The summed E-state index contributed by atoms with van der Waals surface area (Å²) in [4.78, 5) is 18.2. The number of amides is 1. The molecule has 6 nitrogen and oxygen atoms in total. The van der Waals surface area contributed by atoms with Crippen molar-refractivity contribution in [3.05, 3.63) is 0 Å². The highest BCUT2D eigenvalue weighted by atomic mass is 16.5. The second kappa shape index (κ2) is 8.59. The lowest BCUT2D eigenvalue weighted by Gasteiger charge is -2.47. The zero-order chi connectivity index (χ0) is 18.6. The molecular weight excluding hydrogens is 328 g/mol. The molecule has 0 bridgehead atoms. The zero-order valence-electron chi connectivity index (χ0n) is 16.7. The topological polar surface area (TPSA) is 66.0 Å². The third-order valence-corrected chi connectivity index (χ3v) is 6.40. The van der Waals surface area contributed by atoms with E-state index in [4.69, 9.17) is 4.74 Å². The van der Waals surface area contributed by atoms with E-state index in [0.717, 1.165) is 25.4 Å². The Morgan fingerprint density at radius 2 is 1.92 bits per heavy atom. The van der Waals surface area contributed by atoms with Crippen molar-refractivity contribution in [2.75, 3.05) is 27.2 Å². The van der Waals surface area contributed by atoms with Crippen molar-refractivity contribution in [1.29, 1.82) is 0 Å². The van der Waals surface area contributed by atoms with Crippen molar-refractivity contribution in [2.24, 2.45) is 10.9 Å². The normalized spacial score (nSPS) is 31.2. The van der Waals surface area contributed by atoms with Crippen LogP contribution in [0.5, 0.6) is 0 Å². The van der Waals surface area contributed by atoms with Gasteiger partial charge in [0, 0.05) is 32.8 Å². The second-order valence-electron chi connectivity index (χ2n) is 8.68. The van der Waals surface area contributed by atoms with Crippen LogP contribution in [0.15, 0.2) is 4.99 Å². The molecule has 3 rings (SSSR count). The quantitative estimate of drug-likeness (QED) is 0.593. The number of aliphatic imine (C=N–C) groups is 1. The van der Waals surface area contributed by atoms with Crippen molar-refractivity contribution >= 4 is 11.9 Å². The first-order valence-electron chi connectivity index (χ1n) is 10.4. The van der Waals surface area contributed by atoms with Crippen LogP contribution >= 0.6 is 0 Å². The van der Waals surface area contributed by atoms with Gasteiger partial charge in [-0.2, -0.15) is 0 Å². The van der Waals surface area contributed by atoms with Gasteiger partial charge in [-0.25, -0.2) is 4.99 Å². The van der Waals surface area contributed by atoms with Crippen LogP contribution in [0.3, 0.4) is 0 Å². The minimum Gasteiger partial charge on any atom is -0.375 e. The maximum Gasteiger partial charge on any atom is 0.243 e. The van der Waals surface area contributed by atoms with Crippen LogP contribution in [0.25, 0.3) is 0 Å². The Bertz CT molecular complexity index is 516. The summed E-state index contributed by atoms with van der Waals surface area (Å²) in [6, 6.07) is 0.825. The monoisotopic (exact) mass is 364 g/mol. The fourth-order valence-electron chi connectivity index (χ4n) is 4.39. The molecule has 2 aliphatic carbocycles. The predicted molar refractivity (Wildman–Crippen MR) is 104 cm³/mol. The van der Waals surface area contributed by atoms with Gasteiger partial charge in [0.1, 0.15) is 6.54 Å². The first kappa shape index (κ1) is 19.5. The third kappa shape index (κ3) is 4.90. The van der Waals surface area contributed by atoms with Gasteiger partial charge in [0.25, 0.3) is 0 Å². The van der Waals surface area contributed by atoms with Crippen LogP contribution in [-0.4, -0.2) is 61.7 Å². The molecule has 148 valence electrons. The summed E-state index contributed by atoms with van der Waals surface area (Å²) in [7, 11) is 3.56. The van der Waals surface area contributed by atoms with Crippen molar-refractivity contribution < 1.29 is 9.53 Å². The number of likely N-dealkylation sites (N-methyl/N-ethyl adjacent to an activating group) is 1. The van der Waals surface area contributed by atoms with Gasteiger partial charge in [0.05, 0.1) is 5.60 Å². The number of nitrogens with zero attached hydrogens (tertiary/aromatic N) is 2. The minimum absolute atomic E-state index is 0.0326. The molecule has 0 radical (unpaired) electrons. The lowest BCUT2D eigenvalue weighted by Crippen LogP contribution is -2.56. The maximum absolute atomic E-state index is 12.0. The summed E-state index contributed by atoms with van der Waals surface area (Å²) in [6.07, 6.45) is 10.7. The molecule has 3 unspecified atom stereocenters. The Kier molecular flexibility index (Phi) is 6.43. The van der Waals surface area contributed by atoms with Crippen molar-refractivity contribution in [1.82, 2.24) is 15.5 Å². The largest absolute Gasteiger partial charge is 0.375 e. The van der Waals surface area contributed by atoms with Crippen molar-refractivity contribution in [3.63, 3.8) is 0 Å². The predicted octanol–water partition coefficient (Wildman–Crippen LogP) is 2.29. The average molecular weight is 365 g/mol. The molecule has 3 atom stereocenters. The summed E-state index contributed by atoms with van der Waals surface area (Å²) in [5.74, 6) is 1.48. The van der Waals surface area contributed by atoms with Crippen LogP contribution in [-0.2, 0) is 9.53 Å². The van der Waals surface area contributed by atoms with Gasteiger partial charge in [-0.15, -0.1) is 0 Å². The molecule has 2 N–H and O–H groups in total. The second-order valence-corrected chi connectivity index (χ2v) is 8.68. The zero-order valence-corrected chi connectivity index (χ0v) is 16.7. The Morgan fingerprint density at radius 3 is 2.58 bits per heavy atom. The molecule has 3 aliphatic rings. The van der Waals surface area contributed by atoms with E-state index >= 15 is 0 Å². The van der Waals surface area contributed by atoms with Crippen LogP contribution in [0.2, 0.25) is 0 Å². The SMILES string of the molecule is CC1CCCCC1NC(=NCC(=O)N(C)C)NC1CCOC2(CCC2)C1. The van der Waals surface area contributed by atoms with Crippen molar-refractivity contribution in [3.8, 4) is 0 Å². The lowest BCUT2D eigenvalue weighted by molar-refractivity contribution is -0.134. The van der Waals surface area contributed by atoms with Gasteiger partial charge in [0.2, 0.25) is 5.91 Å². The van der Waals surface area contributed by atoms with Gasteiger partial charge >= 0.3 is 0 Å². The smallest absolute Gasteiger partial charge is 0.243 e. The first-order chi connectivity index (χ1) is 12.5. The van der Waals surface area contributed by atoms with E-state index in [9.17, 15) is 4.79 Å². The third-order valence-electron chi connectivity index (χ3n) is 6.40. The highest BCUT2D eigenvalue weighted by Crippen LogP contribution is 2.42. The van der Waals surface area contributed by atoms with E-state index in [1.165, 1.54) is 44.9 Å². The fraction of sp³-hybridized carbons (Fsp3) is 0.900. The molecule has 6 heteroatoms. The van der Waals surface area contributed by atoms with E-state index in [2.05, 4.69) is 22.5 Å². The van der Waals surface area contributed by atoms with Crippen molar-refractivity contribution in [2.45, 2.75) is 82.4 Å². The molecule has 0 aromatic heterocycles. The molecule has 1 amide bonds. The summed E-state index contributed by atoms with van der Waals surface area (Å²) < 4.78 is 6.05. The number of guanidine groups is 1. The first-order valence-corrected chi connectivity index (χ1v) is 10.4. The molecule has 1 heterocycles. The highest BCUT2D eigenvalue weighted by Gasteiger charge is 2.42. The molecule has 1 saturated heterocycles. The molecule has 26 heavy (non-hydrogen) atoms. The maximum atomic E-state index is 12.0. The number of rotatable bonds is 4. The minimum atomic E-state index is 0.0326. The molecule has 1 spiro atoms. The summed E-state index contributed by atoms with van der Waals surface area (Å²) in [5.41, 5.74) is 0.110. The summed E-state index contributed by atoms with van der Waals surface area (Å²) in [6.45, 7) is 3.33. The Balaban J connectivity index is 1.63. The number of hydrogen-bond donors (Lipinski definition) is 2. The van der Waals surface area contributed by atoms with E-state index in [1.54, 1.807) is 19.0 Å². The Labute approximate surface area is 158 Å². The number of carbonyl (C=O) groups is 1. The van der Waals surface area contributed by atoms with E-state index < -0.39 is 0 Å². The van der Waals surface area contributed by atoms with Gasteiger partial charge in [-0.1, -0.05) is 19.8 Å². The van der Waals surface area contributed by atoms with E-state index in [1.807, 2.05) is 0 Å². The van der Waals surface area contributed by atoms with Gasteiger partial charge in [-0.3, -0.25) is 4.79 Å². The summed E-state index contributed by atoms with van der Waals surface area (Å²) >= 11 is 0. The Morgan fingerprint density at radius 1 is 1.15 bits per heavy atom. The molecule has 3 fully saturated rings. The Hall–Kier alpha value is -1.30. The van der Waals surface area contributed by atoms with Crippen LogP contribution in [0.1, 0.15) is 64.7 Å². The standard InChI is InChI=1S/C20H36N4O2/c1-15-7-4-5-8-17(15)23-19(21-14-18(25)24(2)3)22-16-9-12-26-20(13-16)10-6-11-20/h15-17H,4-14H2,1-3H3,(H2,21,22,23). The molecule has 1 aliphatic heterocycles.